The van der Waals surface area contributed by atoms with Gasteiger partial charge in [0.15, 0.2) is 0 Å². The quantitative estimate of drug-likeness (QED) is 0.804. The fraction of sp³-hybridized carbons (Fsp3) is 0.400. The van der Waals surface area contributed by atoms with Crippen LogP contribution in [0.25, 0.3) is 10.9 Å². The van der Waals surface area contributed by atoms with Gasteiger partial charge in [-0.2, -0.15) is 0 Å². The summed E-state index contributed by atoms with van der Waals surface area (Å²) in [6.07, 6.45) is 2.47. The predicted molar refractivity (Wildman–Crippen MR) is 86.7 cm³/mol. The smallest absolute Gasteiger partial charge is 0.129 e. The van der Waals surface area contributed by atoms with Gasteiger partial charge in [0.05, 0.1) is 16.6 Å². The van der Waals surface area contributed by atoms with Crippen LogP contribution < -0.4 is 4.90 Å². The number of rotatable bonds is 2. The molecule has 2 aromatic rings. The van der Waals surface area contributed by atoms with Crippen molar-refractivity contribution in [2.75, 3.05) is 25.1 Å². The number of piperidine rings is 1. The van der Waals surface area contributed by atoms with Crippen LogP contribution in [0.5, 0.6) is 0 Å². The average Bonchev–Trinajstić information content (AvgIpc) is 2.47. The van der Waals surface area contributed by atoms with E-state index in [0.717, 1.165) is 47.1 Å². The molecule has 0 spiro atoms. The van der Waals surface area contributed by atoms with Gasteiger partial charge in [-0.15, -0.1) is 0 Å². The molecule has 0 N–H and O–H groups in total. The summed E-state index contributed by atoms with van der Waals surface area (Å²) < 4.78 is 6.38. The van der Waals surface area contributed by atoms with Gasteiger partial charge in [-0.05, 0) is 37.1 Å². The number of aromatic nitrogens is 1. The Kier molecular flexibility index (Phi) is 4.15. The average molecular weight is 356 g/mol. The molecule has 0 bridgehead atoms. The Balaban J connectivity index is 1.90. The highest BCUT2D eigenvalue weighted by Gasteiger charge is 2.20. The molecule has 1 aromatic carbocycles. The molecule has 0 saturated carbocycles. The van der Waals surface area contributed by atoms with Crippen LogP contribution in [0.4, 0.5) is 5.82 Å². The monoisotopic (exact) mass is 354 g/mol. The molecule has 0 aliphatic carbocycles. The summed E-state index contributed by atoms with van der Waals surface area (Å²) in [5.41, 5.74) is 0.862. The molecule has 1 fully saturated rings. The minimum absolute atomic E-state index is 0.381. The number of hydrogen-bond acceptors (Lipinski definition) is 3. The first kappa shape index (κ1) is 14.1. The van der Waals surface area contributed by atoms with E-state index in [0.29, 0.717) is 11.1 Å². The van der Waals surface area contributed by atoms with E-state index in [1.54, 1.807) is 7.11 Å². The van der Waals surface area contributed by atoms with Crippen molar-refractivity contribution >= 4 is 44.3 Å². The highest BCUT2D eigenvalue weighted by atomic mass is 79.9. The Morgan fingerprint density at radius 2 is 2.05 bits per heavy atom. The van der Waals surface area contributed by atoms with Gasteiger partial charge in [0.2, 0.25) is 0 Å². The van der Waals surface area contributed by atoms with E-state index >= 15 is 0 Å². The van der Waals surface area contributed by atoms with Gasteiger partial charge in [-0.3, -0.25) is 0 Å². The molecule has 1 aromatic heterocycles. The lowest BCUT2D eigenvalue weighted by molar-refractivity contribution is 0.0818. The molecule has 3 rings (SSSR count). The summed E-state index contributed by atoms with van der Waals surface area (Å²) in [4.78, 5) is 7.02. The summed E-state index contributed by atoms with van der Waals surface area (Å²) >= 11 is 9.74. The molecule has 106 valence electrons. The first-order valence-corrected chi connectivity index (χ1v) is 7.88. The van der Waals surface area contributed by atoms with E-state index in [1.807, 2.05) is 12.1 Å². The third kappa shape index (κ3) is 2.78. The maximum Gasteiger partial charge on any atom is 0.129 e. The molecule has 1 aliphatic rings. The topological polar surface area (TPSA) is 25.4 Å². The molecule has 5 heteroatoms. The number of anilines is 1. The van der Waals surface area contributed by atoms with Crippen molar-refractivity contribution in [1.29, 1.82) is 0 Å². The van der Waals surface area contributed by atoms with Gasteiger partial charge in [0.1, 0.15) is 5.82 Å². The number of nitrogens with zero attached hydrogens (tertiary/aromatic N) is 2. The predicted octanol–water partition coefficient (Wildman–Crippen LogP) is 4.27. The molecular weight excluding hydrogens is 340 g/mol. The number of halogens is 2. The van der Waals surface area contributed by atoms with Crippen LogP contribution in [0.1, 0.15) is 12.8 Å². The molecule has 20 heavy (non-hydrogen) atoms. The fourth-order valence-corrected chi connectivity index (χ4v) is 3.52. The Labute approximate surface area is 132 Å². The Hall–Kier alpha value is -0.840. The number of pyridine rings is 1. The summed E-state index contributed by atoms with van der Waals surface area (Å²) in [6.45, 7) is 1.95. The SMILES string of the molecule is COC1CCN(c2ccc3cc(Br)cc(Cl)c3n2)CC1. The second kappa shape index (κ2) is 5.88. The van der Waals surface area contributed by atoms with Crippen molar-refractivity contribution in [2.24, 2.45) is 0 Å². The van der Waals surface area contributed by atoms with E-state index < -0.39 is 0 Å². The van der Waals surface area contributed by atoms with Crippen molar-refractivity contribution in [3.8, 4) is 0 Å². The van der Waals surface area contributed by atoms with Crippen molar-refractivity contribution in [1.82, 2.24) is 4.98 Å². The number of hydrogen-bond donors (Lipinski definition) is 0. The largest absolute Gasteiger partial charge is 0.381 e. The standard InChI is InChI=1S/C15H16BrClN2O/c1-20-12-4-6-19(7-5-12)14-3-2-10-8-11(16)9-13(17)15(10)18-14/h2-3,8-9,12H,4-7H2,1H3. The zero-order chi connectivity index (χ0) is 14.1. The van der Waals surface area contributed by atoms with Crippen LogP contribution in [0.2, 0.25) is 5.02 Å². The van der Waals surface area contributed by atoms with Crippen LogP contribution in [0.15, 0.2) is 28.7 Å². The van der Waals surface area contributed by atoms with E-state index in [9.17, 15) is 0 Å². The van der Waals surface area contributed by atoms with E-state index in [-0.39, 0.29) is 0 Å². The summed E-state index contributed by atoms with van der Waals surface area (Å²) in [7, 11) is 1.78. The second-order valence-electron chi connectivity index (χ2n) is 5.05. The Morgan fingerprint density at radius 3 is 2.75 bits per heavy atom. The lowest BCUT2D eigenvalue weighted by Gasteiger charge is -2.32. The lowest BCUT2D eigenvalue weighted by Crippen LogP contribution is -2.37. The Bertz CT molecular complexity index is 627. The van der Waals surface area contributed by atoms with E-state index in [2.05, 4.69) is 33.0 Å². The van der Waals surface area contributed by atoms with Crippen molar-refractivity contribution in [2.45, 2.75) is 18.9 Å². The van der Waals surface area contributed by atoms with Gasteiger partial charge in [0, 0.05) is 30.1 Å². The second-order valence-corrected chi connectivity index (χ2v) is 6.37. The molecule has 0 amide bonds. The number of ether oxygens (including phenoxy) is 1. The van der Waals surface area contributed by atoms with Gasteiger partial charge in [-0.25, -0.2) is 4.98 Å². The molecule has 2 heterocycles. The third-order valence-electron chi connectivity index (χ3n) is 3.80. The zero-order valence-electron chi connectivity index (χ0n) is 11.3. The minimum atomic E-state index is 0.381. The van der Waals surface area contributed by atoms with Crippen LogP contribution in [0.3, 0.4) is 0 Å². The number of benzene rings is 1. The van der Waals surface area contributed by atoms with Crippen molar-refractivity contribution in [3.05, 3.63) is 33.8 Å². The highest BCUT2D eigenvalue weighted by Crippen LogP contribution is 2.29. The maximum absolute atomic E-state index is 6.29. The third-order valence-corrected chi connectivity index (χ3v) is 4.54. The number of fused-ring (bicyclic) bond motifs is 1. The van der Waals surface area contributed by atoms with Crippen LogP contribution >= 0.6 is 27.5 Å². The van der Waals surface area contributed by atoms with Crippen LogP contribution in [0, 0.1) is 0 Å². The zero-order valence-corrected chi connectivity index (χ0v) is 13.6. The van der Waals surface area contributed by atoms with E-state index in [1.165, 1.54) is 0 Å². The first-order chi connectivity index (χ1) is 9.67. The molecular formula is C15H16BrClN2O. The normalized spacial score (nSPS) is 16.9. The fourth-order valence-electron chi connectivity index (χ4n) is 2.64. The molecule has 3 nitrogen and oxygen atoms in total. The first-order valence-electron chi connectivity index (χ1n) is 6.71. The van der Waals surface area contributed by atoms with E-state index in [4.69, 9.17) is 21.3 Å². The number of methoxy groups -OCH3 is 1. The van der Waals surface area contributed by atoms with Crippen LogP contribution in [-0.2, 0) is 4.74 Å². The van der Waals surface area contributed by atoms with Crippen molar-refractivity contribution < 1.29 is 4.74 Å². The summed E-state index contributed by atoms with van der Waals surface area (Å²) in [5.74, 6) is 0.997. The van der Waals surface area contributed by atoms with Gasteiger partial charge >= 0.3 is 0 Å². The van der Waals surface area contributed by atoms with Gasteiger partial charge in [-0.1, -0.05) is 27.5 Å². The molecule has 1 aliphatic heterocycles. The Morgan fingerprint density at radius 1 is 1.30 bits per heavy atom. The molecule has 0 unspecified atom stereocenters. The highest BCUT2D eigenvalue weighted by molar-refractivity contribution is 9.10. The van der Waals surface area contributed by atoms with Gasteiger partial charge < -0.3 is 9.64 Å². The molecule has 0 radical (unpaired) electrons. The van der Waals surface area contributed by atoms with Crippen LogP contribution in [-0.4, -0.2) is 31.3 Å². The lowest BCUT2D eigenvalue weighted by atomic mass is 10.1. The summed E-state index contributed by atoms with van der Waals surface area (Å²) in [5, 5.41) is 1.74. The van der Waals surface area contributed by atoms with Crippen molar-refractivity contribution in [3.63, 3.8) is 0 Å². The maximum atomic E-state index is 6.29. The molecule has 0 atom stereocenters. The summed E-state index contributed by atoms with van der Waals surface area (Å²) in [6, 6.07) is 8.07. The minimum Gasteiger partial charge on any atom is -0.381 e. The van der Waals surface area contributed by atoms with Gasteiger partial charge in [0.25, 0.3) is 0 Å². The molecule has 1 saturated heterocycles.